The van der Waals surface area contributed by atoms with E-state index in [1.165, 1.54) is 30.4 Å². The van der Waals surface area contributed by atoms with Crippen molar-refractivity contribution in [2.24, 2.45) is 0 Å². The van der Waals surface area contributed by atoms with E-state index >= 15 is 0 Å². The summed E-state index contributed by atoms with van der Waals surface area (Å²) in [5.41, 5.74) is 5.51. The van der Waals surface area contributed by atoms with E-state index in [0.29, 0.717) is 0 Å². The minimum absolute atomic E-state index is 0.248. The van der Waals surface area contributed by atoms with E-state index < -0.39 is 0 Å². The second-order valence-electron chi connectivity index (χ2n) is 5.80. The van der Waals surface area contributed by atoms with Crippen LogP contribution in [0.4, 0.5) is 0 Å². The Hall–Kier alpha value is -1.74. The van der Waals surface area contributed by atoms with Gasteiger partial charge >= 0.3 is 0 Å². The number of hydrogen-bond acceptors (Lipinski definition) is 3. The quantitative estimate of drug-likeness (QED) is 0.883. The monoisotopic (exact) mass is 281 g/mol. The summed E-state index contributed by atoms with van der Waals surface area (Å²) in [6, 6.07) is 7.23. The summed E-state index contributed by atoms with van der Waals surface area (Å²) >= 11 is 0. The molecule has 0 amide bonds. The topological polar surface area (TPSA) is 37.8 Å². The Balaban J connectivity index is 1.77. The van der Waals surface area contributed by atoms with E-state index in [0.717, 1.165) is 25.1 Å². The van der Waals surface area contributed by atoms with E-state index in [1.807, 2.05) is 6.20 Å². The number of rotatable bonds is 6. The molecule has 3 nitrogen and oxygen atoms in total. The summed E-state index contributed by atoms with van der Waals surface area (Å²) in [5.74, 6) is 0. The molecule has 110 valence electrons. The number of aromatic nitrogens is 2. The number of hydrogen-bond donors (Lipinski definition) is 1. The van der Waals surface area contributed by atoms with Gasteiger partial charge in [0.15, 0.2) is 0 Å². The molecule has 1 unspecified atom stereocenters. The van der Waals surface area contributed by atoms with Crippen LogP contribution in [0.25, 0.3) is 0 Å². The molecule has 0 saturated carbocycles. The smallest absolute Gasteiger partial charge is 0.0759 e. The summed E-state index contributed by atoms with van der Waals surface area (Å²) in [6.45, 7) is 3.20. The lowest BCUT2D eigenvalue weighted by atomic mass is 9.99. The van der Waals surface area contributed by atoms with Crippen LogP contribution in [0.2, 0.25) is 0 Å². The lowest BCUT2D eigenvalue weighted by molar-refractivity contribution is 0.516. The zero-order valence-electron chi connectivity index (χ0n) is 12.7. The molecule has 3 rings (SSSR count). The molecule has 0 fully saturated rings. The van der Waals surface area contributed by atoms with Gasteiger partial charge < -0.3 is 5.32 Å². The van der Waals surface area contributed by atoms with E-state index in [4.69, 9.17) is 0 Å². The first kappa shape index (κ1) is 14.2. The third-order valence-electron chi connectivity index (χ3n) is 4.18. The molecule has 21 heavy (non-hydrogen) atoms. The fourth-order valence-corrected chi connectivity index (χ4v) is 3.08. The Morgan fingerprint density at radius 1 is 1.19 bits per heavy atom. The Morgan fingerprint density at radius 2 is 2.10 bits per heavy atom. The van der Waals surface area contributed by atoms with Crippen LogP contribution in [-0.4, -0.2) is 16.5 Å². The number of fused-ring (bicyclic) bond motifs is 1. The summed E-state index contributed by atoms with van der Waals surface area (Å²) in [5, 5.41) is 3.60. The lowest BCUT2D eigenvalue weighted by Gasteiger charge is -2.18. The maximum atomic E-state index is 4.48. The minimum Gasteiger partial charge on any atom is -0.308 e. The van der Waals surface area contributed by atoms with Gasteiger partial charge in [-0.2, -0.15) is 0 Å². The molecule has 1 heterocycles. The maximum absolute atomic E-state index is 4.48. The molecule has 0 saturated heterocycles. The van der Waals surface area contributed by atoms with Gasteiger partial charge in [-0.15, -0.1) is 0 Å². The SMILES string of the molecule is CCCNC(Cc1ccc2c(c1)CCC2)c1cnccn1. The molecule has 0 aliphatic heterocycles. The average Bonchev–Trinajstić information content (AvgIpc) is 3.00. The van der Waals surface area contributed by atoms with Gasteiger partial charge in [-0.05, 0) is 55.3 Å². The molecular formula is C18H23N3. The van der Waals surface area contributed by atoms with E-state index in [2.05, 4.69) is 40.4 Å². The lowest BCUT2D eigenvalue weighted by Crippen LogP contribution is -2.25. The summed E-state index contributed by atoms with van der Waals surface area (Å²) in [4.78, 5) is 8.69. The van der Waals surface area contributed by atoms with Crippen LogP contribution < -0.4 is 5.32 Å². The molecule has 2 aromatic rings. The first-order chi connectivity index (χ1) is 10.4. The standard InChI is InChI=1S/C18H23N3/c1-2-8-20-17(18-13-19-9-10-21-18)12-14-6-7-15-4-3-5-16(15)11-14/h6-7,9-11,13,17,20H,2-5,8,12H2,1H3. The van der Waals surface area contributed by atoms with Gasteiger partial charge in [0, 0.05) is 18.6 Å². The molecular weight excluding hydrogens is 258 g/mol. The third-order valence-corrected chi connectivity index (χ3v) is 4.18. The van der Waals surface area contributed by atoms with Crippen molar-refractivity contribution in [1.29, 1.82) is 0 Å². The largest absolute Gasteiger partial charge is 0.308 e. The van der Waals surface area contributed by atoms with Crippen molar-refractivity contribution >= 4 is 0 Å². The highest BCUT2D eigenvalue weighted by molar-refractivity contribution is 5.35. The van der Waals surface area contributed by atoms with Gasteiger partial charge in [-0.1, -0.05) is 25.1 Å². The normalized spacial score (nSPS) is 14.9. The fourth-order valence-electron chi connectivity index (χ4n) is 3.08. The number of aryl methyl sites for hydroxylation is 2. The van der Waals surface area contributed by atoms with Gasteiger partial charge in [0.2, 0.25) is 0 Å². The van der Waals surface area contributed by atoms with Crippen molar-refractivity contribution in [2.75, 3.05) is 6.54 Å². The number of benzene rings is 1. The van der Waals surface area contributed by atoms with Crippen molar-refractivity contribution in [3.05, 3.63) is 59.2 Å². The minimum atomic E-state index is 0.248. The van der Waals surface area contributed by atoms with Crippen molar-refractivity contribution in [1.82, 2.24) is 15.3 Å². The number of nitrogens with one attached hydrogen (secondary N) is 1. The van der Waals surface area contributed by atoms with Crippen molar-refractivity contribution < 1.29 is 0 Å². The van der Waals surface area contributed by atoms with Crippen LogP contribution in [0.15, 0.2) is 36.8 Å². The van der Waals surface area contributed by atoms with E-state index in [1.54, 1.807) is 18.0 Å². The molecule has 1 aromatic heterocycles. The van der Waals surface area contributed by atoms with Crippen LogP contribution in [0, 0.1) is 0 Å². The molecule has 1 aliphatic carbocycles. The molecule has 1 N–H and O–H groups in total. The van der Waals surface area contributed by atoms with Crippen LogP contribution in [0.1, 0.15) is 48.2 Å². The van der Waals surface area contributed by atoms with Gasteiger partial charge in [-0.25, -0.2) is 0 Å². The van der Waals surface area contributed by atoms with Crippen molar-refractivity contribution in [3.8, 4) is 0 Å². The molecule has 1 aliphatic rings. The van der Waals surface area contributed by atoms with Gasteiger partial charge in [0.25, 0.3) is 0 Å². The first-order valence-corrected chi connectivity index (χ1v) is 7.97. The Labute approximate surface area is 126 Å². The zero-order chi connectivity index (χ0) is 14.5. The van der Waals surface area contributed by atoms with Gasteiger partial charge in [0.1, 0.15) is 0 Å². The van der Waals surface area contributed by atoms with Gasteiger partial charge in [0.05, 0.1) is 11.7 Å². The molecule has 0 bridgehead atoms. The second kappa shape index (κ2) is 6.81. The predicted molar refractivity (Wildman–Crippen MR) is 85.2 cm³/mol. The van der Waals surface area contributed by atoms with E-state index in [9.17, 15) is 0 Å². The zero-order valence-corrected chi connectivity index (χ0v) is 12.7. The van der Waals surface area contributed by atoms with Crippen molar-refractivity contribution in [2.45, 2.75) is 45.1 Å². The molecule has 0 spiro atoms. The molecule has 3 heteroatoms. The van der Waals surface area contributed by atoms with E-state index in [-0.39, 0.29) is 6.04 Å². The van der Waals surface area contributed by atoms with Crippen LogP contribution in [0.3, 0.4) is 0 Å². The van der Waals surface area contributed by atoms with Crippen LogP contribution >= 0.6 is 0 Å². The first-order valence-electron chi connectivity index (χ1n) is 7.97. The molecule has 0 radical (unpaired) electrons. The highest BCUT2D eigenvalue weighted by Gasteiger charge is 2.15. The van der Waals surface area contributed by atoms with Crippen LogP contribution in [0.5, 0.6) is 0 Å². The molecule has 1 aromatic carbocycles. The summed E-state index contributed by atoms with van der Waals surface area (Å²) < 4.78 is 0. The highest BCUT2D eigenvalue weighted by Crippen LogP contribution is 2.25. The van der Waals surface area contributed by atoms with Crippen molar-refractivity contribution in [3.63, 3.8) is 0 Å². The number of nitrogens with zero attached hydrogens (tertiary/aromatic N) is 2. The Morgan fingerprint density at radius 3 is 2.90 bits per heavy atom. The Bertz CT molecular complexity index is 580. The summed E-state index contributed by atoms with van der Waals surface area (Å²) in [6.07, 6.45) is 11.3. The highest BCUT2D eigenvalue weighted by atomic mass is 14.9. The third kappa shape index (κ3) is 3.48. The maximum Gasteiger partial charge on any atom is 0.0759 e. The summed E-state index contributed by atoms with van der Waals surface area (Å²) in [7, 11) is 0. The fraction of sp³-hybridized carbons (Fsp3) is 0.444. The van der Waals surface area contributed by atoms with Crippen LogP contribution in [-0.2, 0) is 19.3 Å². The molecule has 1 atom stereocenters. The predicted octanol–water partition coefficient (Wildman–Crippen LogP) is 3.25. The Kier molecular flexibility index (Phi) is 4.61. The average molecular weight is 281 g/mol. The second-order valence-corrected chi connectivity index (χ2v) is 5.80. The van der Waals surface area contributed by atoms with Gasteiger partial charge in [-0.3, -0.25) is 9.97 Å².